The Hall–Kier alpha value is -1.68. The van der Waals surface area contributed by atoms with E-state index in [1.54, 1.807) is 0 Å². The summed E-state index contributed by atoms with van der Waals surface area (Å²) in [5.74, 6) is -0.488. The summed E-state index contributed by atoms with van der Waals surface area (Å²) in [6, 6.07) is 8.08. The molecule has 18 heavy (non-hydrogen) atoms. The Kier molecular flexibility index (Phi) is 3.48. The molecule has 1 aliphatic rings. The van der Waals surface area contributed by atoms with Gasteiger partial charge in [0.25, 0.3) is 5.91 Å². The van der Waals surface area contributed by atoms with E-state index in [2.05, 4.69) is 16.6 Å². The molecule has 0 heterocycles. The van der Waals surface area contributed by atoms with E-state index in [4.69, 9.17) is 0 Å². The van der Waals surface area contributed by atoms with Gasteiger partial charge in [-0.05, 0) is 38.7 Å². The first-order valence-corrected chi connectivity index (χ1v) is 6.16. The highest BCUT2D eigenvalue weighted by atomic mass is 16.3. The Morgan fingerprint density at radius 2 is 2.06 bits per heavy atom. The molecule has 2 N–H and O–H groups in total. The van der Waals surface area contributed by atoms with Crippen LogP contribution in [0.25, 0.3) is 0 Å². The Morgan fingerprint density at radius 3 is 2.78 bits per heavy atom. The zero-order valence-corrected chi connectivity index (χ0v) is 10.7. The molecule has 0 saturated carbocycles. The summed E-state index contributed by atoms with van der Waals surface area (Å²) in [6.07, 6.45) is 2.94. The molecule has 96 valence electrons. The van der Waals surface area contributed by atoms with Crippen molar-refractivity contribution in [1.29, 1.82) is 0 Å². The molecule has 1 aromatic carbocycles. The molecular weight excluding hydrogens is 228 g/mol. The van der Waals surface area contributed by atoms with Gasteiger partial charge in [0, 0.05) is 5.56 Å². The fraction of sp³-hybridized carbons (Fsp3) is 0.429. The van der Waals surface area contributed by atoms with Crippen LogP contribution in [0.2, 0.25) is 0 Å². The van der Waals surface area contributed by atoms with Crippen molar-refractivity contribution in [2.45, 2.75) is 38.7 Å². The Morgan fingerprint density at radius 1 is 1.33 bits per heavy atom. The standard InChI is InChI=1S/C14H18N2O2/c1-14(2,18)13(17)16-15-12-9-5-7-10-6-3-4-8-11(10)12/h3-4,6,8,18H,5,7,9H2,1-2H3,(H,16,17)/b15-12-. The molecule has 0 atom stereocenters. The minimum Gasteiger partial charge on any atom is -0.381 e. The number of carbonyl (C=O) groups excluding carboxylic acids is 1. The lowest BCUT2D eigenvalue weighted by Gasteiger charge is -2.19. The van der Waals surface area contributed by atoms with Gasteiger partial charge in [-0.1, -0.05) is 24.3 Å². The van der Waals surface area contributed by atoms with Crippen molar-refractivity contribution in [2.24, 2.45) is 5.10 Å². The van der Waals surface area contributed by atoms with Crippen molar-refractivity contribution in [1.82, 2.24) is 5.43 Å². The van der Waals surface area contributed by atoms with Crippen LogP contribution in [0.3, 0.4) is 0 Å². The predicted octanol–water partition coefficient (Wildman–Crippen LogP) is 1.61. The van der Waals surface area contributed by atoms with Crippen LogP contribution in [0, 0.1) is 0 Å². The molecule has 0 aromatic heterocycles. The average molecular weight is 246 g/mol. The largest absolute Gasteiger partial charge is 0.381 e. The number of nitrogens with zero attached hydrogens (tertiary/aromatic N) is 1. The second-order valence-electron chi connectivity index (χ2n) is 5.07. The maximum atomic E-state index is 11.6. The SMILES string of the molecule is CC(C)(O)C(=O)N/N=C1/CCCc2ccccc21. The van der Waals surface area contributed by atoms with E-state index in [0.29, 0.717) is 0 Å². The number of hydrogen-bond donors (Lipinski definition) is 2. The molecule has 0 spiro atoms. The van der Waals surface area contributed by atoms with Crippen molar-refractivity contribution < 1.29 is 9.90 Å². The summed E-state index contributed by atoms with van der Waals surface area (Å²) >= 11 is 0. The summed E-state index contributed by atoms with van der Waals surface area (Å²) in [5.41, 5.74) is 4.27. The van der Waals surface area contributed by atoms with Gasteiger partial charge < -0.3 is 5.11 Å². The summed E-state index contributed by atoms with van der Waals surface area (Å²) in [4.78, 5) is 11.6. The Labute approximate surface area is 107 Å². The zero-order chi connectivity index (χ0) is 13.2. The molecule has 0 fully saturated rings. The lowest BCUT2D eigenvalue weighted by molar-refractivity contribution is -0.136. The minimum atomic E-state index is -1.40. The average Bonchev–Trinajstić information content (AvgIpc) is 2.34. The molecule has 4 heteroatoms. The fourth-order valence-electron chi connectivity index (χ4n) is 1.97. The van der Waals surface area contributed by atoms with Gasteiger partial charge >= 0.3 is 0 Å². The number of rotatable bonds is 2. The van der Waals surface area contributed by atoms with Gasteiger partial charge in [0.15, 0.2) is 0 Å². The van der Waals surface area contributed by atoms with Gasteiger partial charge in [-0.15, -0.1) is 0 Å². The van der Waals surface area contributed by atoms with E-state index in [-0.39, 0.29) is 0 Å². The molecule has 0 bridgehead atoms. The highest BCUT2D eigenvalue weighted by Crippen LogP contribution is 2.21. The van der Waals surface area contributed by atoms with E-state index in [1.165, 1.54) is 19.4 Å². The van der Waals surface area contributed by atoms with Gasteiger partial charge in [-0.3, -0.25) is 4.79 Å². The zero-order valence-electron chi connectivity index (χ0n) is 10.7. The summed E-state index contributed by atoms with van der Waals surface area (Å²) in [6.45, 7) is 2.88. The third-order valence-corrected chi connectivity index (χ3v) is 3.04. The van der Waals surface area contributed by atoms with Crippen LogP contribution in [0.4, 0.5) is 0 Å². The quantitative estimate of drug-likeness (QED) is 0.779. The van der Waals surface area contributed by atoms with Crippen LogP contribution >= 0.6 is 0 Å². The van der Waals surface area contributed by atoms with Crippen molar-refractivity contribution in [2.75, 3.05) is 0 Å². The topological polar surface area (TPSA) is 61.7 Å². The molecule has 0 saturated heterocycles. The third kappa shape index (κ3) is 2.76. The van der Waals surface area contributed by atoms with Crippen molar-refractivity contribution in [3.8, 4) is 0 Å². The number of aryl methyl sites for hydroxylation is 1. The van der Waals surface area contributed by atoms with E-state index in [0.717, 1.165) is 30.5 Å². The third-order valence-electron chi connectivity index (χ3n) is 3.04. The number of aliphatic hydroxyl groups is 1. The van der Waals surface area contributed by atoms with E-state index < -0.39 is 11.5 Å². The molecule has 2 rings (SSSR count). The van der Waals surface area contributed by atoms with Crippen LogP contribution in [-0.4, -0.2) is 22.3 Å². The molecule has 0 aliphatic heterocycles. The second kappa shape index (κ2) is 4.90. The van der Waals surface area contributed by atoms with Gasteiger partial charge in [0.1, 0.15) is 5.60 Å². The molecule has 1 aromatic rings. The lowest BCUT2D eigenvalue weighted by atomic mass is 9.90. The first-order valence-electron chi connectivity index (χ1n) is 6.16. The van der Waals surface area contributed by atoms with E-state index >= 15 is 0 Å². The number of nitrogens with one attached hydrogen (secondary N) is 1. The smallest absolute Gasteiger partial charge is 0.271 e. The molecule has 4 nitrogen and oxygen atoms in total. The van der Waals surface area contributed by atoms with Gasteiger partial charge in [-0.25, -0.2) is 5.43 Å². The first kappa shape index (κ1) is 12.8. The first-order chi connectivity index (χ1) is 8.48. The van der Waals surface area contributed by atoms with Crippen molar-refractivity contribution in [3.05, 3.63) is 35.4 Å². The number of amides is 1. The molecule has 1 amide bonds. The summed E-state index contributed by atoms with van der Waals surface area (Å²) in [5, 5.41) is 13.7. The predicted molar refractivity (Wildman–Crippen MR) is 70.4 cm³/mol. The fourth-order valence-corrected chi connectivity index (χ4v) is 1.97. The van der Waals surface area contributed by atoms with Crippen molar-refractivity contribution >= 4 is 11.6 Å². The second-order valence-corrected chi connectivity index (χ2v) is 5.07. The maximum absolute atomic E-state index is 11.6. The van der Waals surface area contributed by atoms with Crippen LogP contribution in [0.1, 0.15) is 37.8 Å². The van der Waals surface area contributed by atoms with Gasteiger partial charge in [-0.2, -0.15) is 5.10 Å². The number of benzene rings is 1. The highest BCUT2D eigenvalue weighted by Gasteiger charge is 2.24. The Bertz CT molecular complexity index is 487. The normalized spacial score (nSPS) is 17.4. The highest BCUT2D eigenvalue weighted by molar-refractivity contribution is 6.03. The van der Waals surface area contributed by atoms with Gasteiger partial charge in [0.2, 0.25) is 0 Å². The monoisotopic (exact) mass is 246 g/mol. The number of fused-ring (bicyclic) bond motifs is 1. The summed E-state index contributed by atoms with van der Waals surface area (Å²) in [7, 11) is 0. The van der Waals surface area contributed by atoms with Crippen LogP contribution in [0.15, 0.2) is 29.4 Å². The van der Waals surface area contributed by atoms with E-state index in [9.17, 15) is 9.90 Å². The number of hydrogen-bond acceptors (Lipinski definition) is 3. The van der Waals surface area contributed by atoms with Gasteiger partial charge in [0.05, 0.1) is 5.71 Å². The van der Waals surface area contributed by atoms with Crippen LogP contribution in [-0.2, 0) is 11.2 Å². The Balaban J connectivity index is 2.18. The molecule has 1 aliphatic carbocycles. The van der Waals surface area contributed by atoms with Crippen LogP contribution in [0.5, 0.6) is 0 Å². The molecule has 0 radical (unpaired) electrons. The summed E-state index contributed by atoms with van der Waals surface area (Å²) < 4.78 is 0. The van der Waals surface area contributed by atoms with E-state index in [1.807, 2.05) is 18.2 Å². The number of carbonyl (C=O) groups is 1. The lowest BCUT2D eigenvalue weighted by Crippen LogP contribution is -2.40. The number of hydrazone groups is 1. The minimum absolute atomic E-state index is 0.488. The van der Waals surface area contributed by atoms with Crippen LogP contribution < -0.4 is 5.43 Å². The maximum Gasteiger partial charge on any atom is 0.271 e. The molecule has 0 unspecified atom stereocenters. The van der Waals surface area contributed by atoms with Crippen molar-refractivity contribution in [3.63, 3.8) is 0 Å². The molecular formula is C14H18N2O2.